The predicted molar refractivity (Wildman–Crippen MR) is 50.3 cm³/mol. The maximum absolute atomic E-state index is 13.2. The third-order valence-corrected chi connectivity index (χ3v) is 1.82. The van der Waals surface area contributed by atoms with Gasteiger partial charge in [0.05, 0.1) is 6.61 Å². The van der Waals surface area contributed by atoms with E-state index in [1.165, 1.54) is 12.1 Å². The van der Waals surface area contributed by atoms with Gasteiger partial charge in [-0.05, 0) is 19.9 Å². The molecule has 0 saturated heterocycles. The van der Waals surface area contributed by atoms with Crippen LogP contribution in [0.5, 0.6) is 5.75 Å². The molecule has 0 aromatic heterocycles. The van der Waals surface area contributed by atoms with Crippen molar-refractivity contribution in [3.63, 3.8) is 0 Å². The monoisotopic (exact) mass is 201 g/mol. The molecule has 0 fully saturated rings. The van der Waals surface area contributed by atoms with E-state index in [9.17, 15) is 8.78 Å². The van der Waals surface area contributed by atoms with Gasteiger partial charge in [0.15, 0.2) is 0 Å². The van der Waals surface area contributed by atoms with Crippen molar-refractivity contribution in [3.8, 4) is 5.75 Å². The Balaban J connectivity index is 2.98. The highest BCUT2D eigenvalue weighted by atomic mass is 19.1. The minimum atomic E-state index is -0.598. The van der Waals surface area contributed by atoms with Crippen LogP contribution in [0.3, 0.4) is 0 Å². The second-order valence-corrected chi connectivity index (χ2v) is 2.84. The molecule has 0 saturated carbocycles. The van der Waals surface area contributed by atoms with Crippen LogP contribution in [-0.2, 0) is 6.42 Å². The van der Waals surface area contributed by atoms with Crippen molar-refractivity contribution < 1.29 is 13.5 Å². The second-order valence-electron chi connectivity index (χ2n) is 2.84. The zero-order valence-electron chi connectivity index (χ0n) is 8.02. The van der Waals surface area contributed by atoms with Crippen LogP contribution >= 0.6 is 0 Å². The van der Waals surface area contributed by atoms with Crippen LogP contribution in [0.15, 0.2) is 12.1 Å². The average molecular weight is 201 g/mol. The smallest absolute Gasteiger partial charge is 0.133 e. The molecule has 0 heterocycles. The zero-order valence-corrected chi connectivity index (χ0v) is 8.02. The molecule has 2 N–H and O–H groups in total. The summed E-state index contributed by atoms with van der Waals surface area (Å²) >= 11 is 0. The molecule has 0 spiro atoms. The second kappa shape index (κ2) is 4.91. The number of nitrogens with two attached hydrogens (primary N) is 1. The first-order chi connectivity index (χ1) is 6.69. The molecular formula is C10H13F2NO. The van der Waals surface area contributed by atoms with Crippen LogP contribution < -0.4 is 10.5 Å². The van der Waals surface area contributed by atoms with Crippen LogP contribution in [0.25, 0.3) is 0 Å². The Labute approximate surface area is 81.7 Å². The summed E-state index contributed by atoms with van der Waals surface area (Å²) in [5, 5.41) is 0. The molecule has 1 aromatic rings. The van der Waals surface area contributed by atoms with Gasteiger partial charge in [-0.3, -0.25) is 0 Å². The quantitative estimate of drug-likeness (QED) is 0.807. The van der Waals surface area contributed by atoms with E-state index >= 15 is 0 Å². The first-order valence-electron chi connectivity index (χ1n) is 4.49. The van der Waals surface area contributed by atoms with Gasteiger partial charge < -0.3 is 10.5 Å². The number of ether oxygens (including phenoxy) is 1. The van der Waals surface area contributed by atoms with Crippen molar-refractivity contribution in [1.29, 1.82) is 0 Å². The van der Waals surface area contributed by atoms with Gasteiger partial charge in [-0.1, -0.05) is 0 Å². The number of hydrogen-bond acceptors (Lipinski definition) is 2. The van der Waals surface area contributed by atoms with Crippen molar-refractivity contribution >= 4 is 0 Å². The summed E-state index contributed by atoms with van der Waals surface area (Å²) in [6.45, 7) is 2.36. The molecule has 4 heteroatoms. The fourth-order valence-corrected chi connectivity index (χ4v) is 1.21. The highest BCUT2D eigenvalue weighted by Crippen LogP contribution is 2.20. The van der Waals surface area contributed by atoms with E-state index in [0.717, 1.165) is 0 Å². The Bertz CT molecular complexity index is 292. The van der Waals surface area contributed by atoms with Crippen molar-refractivity contribution in [3.05, 3.63) is 29.3 Å². The van der Waals surface area contributed by atoms with E-state index in [0.29, 0.717) is 6.61 Å². The summed E-state index contributed by atoms with van der Waals surface area (Å²) in [5.74, 6) is -0.985. The molecule has 0 amide bonds. The van der Waals surface area contributed by atoms with E-state index < -0.39 is 11.6 Å². The van der Waals surface area contributed by atoms with E-state index in [-0.39, 0.29) is 24.3 Å². The number of rotatable bonds is 4. The van der Waals surface area contributed by atoms with Crippen molar-refractivity contribution in [2.75, 3.05) is 13.2 Å². The van der Waals surface area contributed by atoms with Gasteiger partial charge in [-0.25, -0.2) is 8.78 Å². The Morgan fingerprint density at radius 2 is 1.86 bits per heavy atom. The van der Waals surface area contributed by atoms with Crippen LogP contribution in [0.2, 0.25) is 0 Å². The lowest BCUT2D eigenvalue weighted by atomic mass is 10.1. The third kappa shape index (κ3) is 2.42. The molecule has 2 nitrogen and oxygen atoms in total. The Morgan fingerprint density at radius 3 is 2.29 bits per heavy atom. The van der Waals surface area contributed by atoms with Gasteiger partial charge in [0.25, 0.3) is 0 Å². The van der Waals surface area contributed by atoms with E-state index in [1.54, 1.807) is 6.92 Å². The van der Waals surface area contributed by atoms with Gasteiger partial charge >= 0.3 is 0 Å². The molecule has 0 atom stereocenters. The van der Waals surface area contributed by atoms with Gasteiger partial charge in [0.1, 0.15) is 17.4 Å². The van der Waals surface area contributed by atoms with Crippen LogP contribution in [-0.4, -0.2) is 13.2 Å². The van der Waals surface area contributed by atoms with Gasteiger partial charge in [-0.15, -0.1) is 0 Å². The molecule has 0 radical (unpaired) electrons. The van der Waals surface area contributed by atoms with Crippen molar-refractivity contribution in [1.82, 2.24) is 0 Å². The Kier molecular flexibility index (Phi) is 3.83. The van der Waals surface area contributed by atoms with E-state index in [1.807, 2.05) is 0 Å². The molecule has 78 valence electrons. The zero-order chi connectivity index (χ0) is 10.6. The molecule has 0 unspecified atom stereocenters. The molecular weight excluding hydrogens is 188 g/mol. The number of halogens is 2. The SMILES string of the molecule is CCOc1cc(F)c(CCN)c(F)c1. The van der Waals surface area contributed by atoms with Crippen LogP contribution in [0, 0.1) is 11.6 Å². The lowest BCUT2D eigenvalue weighted by Crippen LogP contribution is -2.07. The molecule has 0 bridgehead atoms. The standard InChI is InChI=1S/C10H13F2NO/c1-2-14-7-5-9(11)8(3-4-13)10(12)6-7/h5-6H,2-4,13H2,1H3. The number of hydrogen-bond donors (Lipinski definition) is 1. The minimum absolute atomic E-state index is 0.0240. The topological polar surface area (TPSA) is 35.2 Å². The first kappa shape index (κ1) is 10.9. The molecule has 1 aromatic carbocycles. The summed E-state index contributed by atoms with van der Waals surface area (Å²) in [7, 11) is 0. The molecule has 14 heavy (non-hydrogen) atoms. The highest BCUT2D eigenvalue weighted by molar-refractivity contribution is 5.30. The lowest BCUT2D eigenvalue weighted by molar-refractivity contribution is 0.335. The third-order valence-electron chi connectivity index (χ3n) is 1.82. The summed E-state index contributed by atoms with van der Waals surface area (Å²) in [4.78, 5) is 0. The van der Waals surface area contributed by atoms with Crippen molar-refractivity contribution in [2.45, 2.75) is 13.3 Å². The summed E-state index contributed by atoms with van der Waals surface area (Å²) < 4.78 is 31.5. The molecule has 0 aliphatic carbocycles. The number of benzene rings is 1. The summed E-state index contributed by atoms with van der Waals surface area (Å²) in [5.41, 5.74) is 5.25. The Hall–Kier alpha value is -1.16. The van der Waals surface area contributed by atoms with Gasteiger partial charge in [0.2, 0.25) is 0 Å². The molecule has 0 aliphatic rings. The normalized spacial score (nSPS) is 10.3. The van der Waals surface area contributed by atoms with E-state index in [2.05, 4.69) is 0 Å². The fourth-order valence-electron chi connectivity index (χ4n) is 1.21. The van der Waals surface area contributed by atoms with Gasteiger partial charge in [-0.2, -0.15) is 0 Å². The minimum Gasteiger partial charge on any atom is -0.494 e. The summed E-state index contributed by atoms with van der Waals surface area (Å²) in [6.07, 6.45) is 0.198. The maximum atomic E-state index is 13.2. The van der Waals surface area contributed by atoms with Crippen LogP contribution in [0.1, 0.15) is 12.5 Å². The molecule has 0 aliphatic heterocycles. The first-order valence-corrected chi connectivity index (χ1v) is 4.49. The Morgan fingerprint density at radius 1 is 1.29 bits per heavy atom. The highest BCUT2D eigenvalue weighted by Gasteiger charge is 2.10. The van der Waals surface area contributed by atoms with E-state index in [4.69, 9.17) is 10.5 Å². The van der Waals surface area contributed by atoms with Gasteiger partial charge in [0, 0.05) is 17.7 Å². The summed E-state index contributed by atoms with van der Waals surface area (Å²) in [6, 6.07) is 2.36. The largest absolute Gasteiger partial charge is 0.494 e. The lowest BCUT2D eigenvalue weighted by Gasteiger charge is -2.07. The van der Waals surface area contributed by atoms with Crippen LogP contribution in [0.4, 0.5) is 8.78 Å². The fraction of sp³-hybridized carbons (Fsp3) is 0.400. The maximum Gasteiger partial charge on any atom is 0.133 e. The van der Waals surface area contributed by atoms with Crippen molar-refractivity contribution in [2.24, 2.45) is 5.73 Å². The predicted octanol–water partition coefficient (Wildman–Crippen LogP) is 1.86. The average Bonchev–Trinajstić information content (AvgIpc) is 2.12. The molecule has 1 rings (SSSR count).